The van der Waals surface area contributed by atoms with Gasteiger partial charge in [-0.3, -0.25) is 0 Å². The molecule has 0 saturated heterocycles. The minimum Gasteiger partial charge on any atom is -0.234 e. The Bertz CT molecular complexity index is 214. The molecule has 0 aromatic heterocycles. The average molecular weight is 266 g/mol. The summed E-state index contributed by atoms with van der Waals surface area (Å²) in [6.45, 7) is 4.63. The van der Waals surface area contributed by atoms with Gasteiger partial charge in [-0.1, -0.05) is 84.5 Å². The lowest BCUT2D eigenvalue weighted by Crippen LogP contribution is -1.87. The van der Waals surface area contributed by atoms with E-state index in [9.17, 15) is 4.79 Å². The molecule has 0 rings (SSSR count). The van der Waals surface area contributed by atoms with Crippen LogP contribution in [0.25, 0.3) is 0 Å². The van der Waals surface area contributed by atoms with E-state index in [0.717, 1.165) is 18.8 Å². The van der Waals surface area contributed by atoms with Crippen LogP contribution in [0.3, 0.4) is 0 Å². The van der Waals surface area contributed by atoms with Gasteiger partial charge in [0.1, 0.15) is 5.94 Å². The van der Waals surface area contributed by atoms with Crippen LogP contribution in [0, 0.1) is 5.92 Å². The molecule has 0 aliphatic carbocycles. The van der Waals surface area contributed by atoms with E-state index >= 15 is 0 Å². The highest BCUT2D eigenvalue weighted by Crippen LogP contribution is 2.13. The first-order valence-electron chi connectivity index (χ1n) is 8.46. The minimum absolute atomic E-state index is 0.877. The SMILES string of the molecule is CC(C)CCCCCCCCCCCCCC=C=O. The summed E-state index contributed by atoms with van der Waals surface area (Å²) in [6, 6.07) is 0. The molecule has 0 atom stereocenters. The van der Waals surface area contributed by atoms with Crippen molar-refractivity contribution in [3.63, 3.8) is 0 Å². The standard InChI is InChI=1S/C18H34O/c1-18(2)16-14-12-10-8-6-4-3-5-7-9-11-13-15-17-19/h15,18H,3-14,16H2,1-2H3. The summed E-state index contributed by atoms with van der Waals surface area (Å²) < 4.78 is 0. The van der Waals surface area contributed by atoms with Gasteiger partial charge in [0.25, 0.3) is 0 Å². The van der Waals surface area contributed by atoms with Gasteiger partial charge in [-0.2, -0.15) is 0 Å². The van der Waals surface area contributed by atoms with E-state index in [4.69, 9.17) is 0 Å². The number of unbranched alkanes of at least 4 members (excludes halogenated alkanes) is 11. The summed E-state index contributed by atoms with van der Waals surface area (Å²) in [4.78, 5) is 9.96. The first-order chi connectivity index (χ1) is 9.27. The Morgan fingerprint density at radius 1 is 0.737 bits per heavy atom. The molecule has 0 amide bonds. The summed E-state index contributed by atoms with van der Waals surface area (Å²) in [6.07, 6.45) is 19.0. The maximum atomic E-state index is 9.96. The van der Waals surface area contributed by atoms with E-state index in [-0.39, 0.29) is 0 Å². The van der Waals surface area contributed by atoms with Gasteiger partial charge in [0.05, 0.1) is 0 Å². The van der Waals surface area contributed by atoms with Crippen LogP contribution in [-0.2, 0) is 4.79 Å². The highest BCUT2D eigenvalue weighted by atomic mass is 16.1. The van der Waals surface area contributed by atoms with E-state index in [1.165, 1.54) is 70.6 Å². The first kappa shape index (κ1) is 18.4. The molecule has 0 bridgehead atoms. The van der Waals surface area contributed by atoms with Gasteiger partial charge < -0.3 is 0 Å². The van der Waals surface area contributed by atoms with Crippen LogP contribution in [0.2, 0.25) is 0 Å². The van der Waals surface area contributed by atoms with Crippen molar-refractivity contribution in [2.75, 3.05) is 0 Å². The van der Waals surface area contributed by atoms with Gasteiger partial charge in [0.15, 0.2) is 0 Å². The van der Waals surface area contributed by atoms with E-state index in [0.29, 0.717) is 0 Å². The molecule has 112 valence electrons. The molecular weight excluding hydrogens is 232 g/mol. The molecular formula is C18H34O. The third-order valence-corrected chi connectivity index (χ3v) is 3.71. The minimum atomic E-state index is 0.877. The molecule has 19 heavy (non-hydrogen) atoms. The van der Waals surface area contributed by atoms with Crippen molar-refractivity contribution in [1.82, 2.24) is 0 Å². The Kier molecular flexibility index (Phi) is 15.1. The van der Waals surface area contributed by atoms with Crippen LogP contribution < -0.4 is 0 Å². The smallest absolute Gasteiger partial charge is 0.120 e. The zero-order valence-electron chi connectivity index (χ0n) is 13.3. The molecule has 0 spiro atoms. The second-order valence-electron chi connectivity index (χ2n) is 6.18. The fourth-order valence-corrected chi connectivity index (χ4v) is 2.45. The van der Waals surface area contributed by atoms with Gasteiger partial charge in [-0.15, -0.1) is 0 Å². The molecule has 1 heteroatoms. The largest absolute Gasteiger partial charge is 0.234 e. The van der Waals surface area contributed by atoms with Crippen molar-refractivity contribution < 1.29 is 4.79 Å². The average Bonchev–Trinajstić information content (AvgIpc) is 2.39. The third kappa shape index (κ3) is 17.4. The number of carbonyl (C=O) groups excluding carboxylic acids is 1. The van der Waals surface area contributed by atoms with E-state index in [1.54, 1.807) is 6.08 Å². The Hall–Kier alpha value is -0.550. The van der Waals surface area contributed by atoms with Crippen LogP contribution in [-0.4, -0.2) is 5.94 Å². The lowest BCUT2D eigenvalue weighted by molar-refractivity contribution is 0.504. The number of rotatable bonds is 14. The van der Waals surface area contributed by atoms with E-state index in [1.807, 2.05) is 5.94 Å². The molecule has 0 radical (unpaired) electrons. The van der Waals surface area contributed by atoms with Gasteiger partial charge in [0.2, 0.25) is 0 Å². The maximum absolute atomic E-state index is 9.96. The summed E-state index contributed by atoms with van der Waals surface area (Å²) >= 11 is 0. The quantitative estimate of drug-likeness (QED) is 0.274. The zero-order chi connectivity index (χ0) is 14.2. The fraction of sp³-hybridized carbons (Fsp3) is 0.889. The van der Waals surface area contributed by atoms with E-state index in [2.05, 4.69) is 13.8 Å². The molecule has 0 unspecified atom stereocenters. The fourth-order valence-electron chi connectivity index (χ4n) is 2.45. The molecule has 1 nitrogen and oxygen atoms in total. The van der Waals surface area contributed by atoms with Crippen molar-refractivity contribution >= 4 is 5.94 Å². The highest BCUT2D eigenvalue weighted by molar-refractivity contribution is 5.44. The molecule has 0 aliphatic rings. The topological polar surface area (TPSA) is 17.1 Å². The van der Waals surface area contributed by atoms with Crippen LogP contribution in [0.15, 0.2) is 6.08 Å². The van der Waals surface area contributed by atoms with Crippen LogP contribution in [0.4, 0.5) is 0 Å². The van der Waals surface area contributed by atoms with Crippen molar-refractivity contribution in [3.05, 3.63) is 6.08 Å². The predicted octanol–water partition coefficient (Wildman–Crippen LogP) is 6.10. The Balaban J connectivity index is 2.97. The summed E-state index contributed by atoms with van der Waals surface area (Å²) in [5.74, 6) is 2.72. The molecule has 0 heterocycles. The summed E-state index contributed by atoms with van der Waals surface area (Å²) in [5, 5.41) is 0. The first-order valence-corrected chi connectivity index (χ1v) is 8.46. The molecule has 0 N–H and O–H groups in total. The third-order valence-electron chi connectivity index (χ3n) is 3.71. The van der Waals surface area contributed by atoms with Gasteiger partial charge in [-0.05, 0) is 24.8 Å². The second-order valence-corrected chi connectivity index (χ2v) is 6.18. The zero-order valence-corrected chi connectivity index (χ0v) is 13.3. The van der Waals surface area contributed by atoms with Crippen molar-refractivity contribution in [1.29, 1.82) is 0 Å². The maximum Gasteiger partial charge on any atom is 0.120 e. The monoisotopic (exact) mass is 266 g/mol. The second kappa shape index (κ2) is 15.5. The normalized spacial score (nSPS) is 10.7. The molecule has 0 fully saturated rings. The van der Waals surface area contributed by atoms with Gasteiger partial charge >= 0.3 is 0 Å². The lowest BCUT2D eigenvalue weighted by atomic mass is 10.0. The highest BCUT2D eigenvalue weighted by Gasteiger charge is 1.95. The summed E-state index contributed by atoms with van der Waals surface area (Å²) in [5.41, 5.74) is 0. The van der Waals surface area contributed by atoms with E-state index < -0.39 is 0 Å². The van der Waals surface area contributed by atoms with Crippen LogP contribution >= 0.6 is 0 Å². The van der Waals surface area contributed by atoms with Crippen molar-refractivity contribution in [3.8, 4) is 0 Å². The van der Waals surface area contributed by atoms with Gasteiger partial charge in [0, 0.05) is 0 Å². The van der Waals surface area contributed by atoms with Crippen molar-refractivity contribution in [2.45, 2.75) is 97.3 Å². The van der Waals surface area contributed by atoms with Crippen LogP contribution in [0.1, 0.15) is 97.3 Å². The molecule has 0 aromatic carbocycles. The van der Waals surface area contributed by atoms with Crippen LogP contribution in [0.5, 0.6) is 0 Å². The number of hydrogen-bond acceptors (Lipinski definition) is 1. The number of hydrogen-bond donors (Lipinski definition) is 0. The molecule has 0 aromatic rings. The lowest BCUT2D eigenvalue weighted by Gasteiger charge is -2.04. The van der Waals surface area contributed by atoms with Gasteiger partial charge in [-0.25, -0.2) is 4.79 Å². The van der Waals surface area contributed by atoms with Crippen molar-refractivity contribution in [2.24, 2.45) is 5.92 Å². The molecule has 0 saturated carbocycles. The molecule has 0 aliphatic heterocycles. The Morgan fingerprint density at radius 2 is 1.16 bits per heavy atom. The summed E-state index contributed by atoms with van der Waals surface area (Å²) in [7, 11) is 0. The number of allylic oxidation sites excluding steroid dienone is 1. The predicted molar refractivity (Wildman–Crippen MR) is 85.1 cm³/mol. The Morgan fingerprint density at radius 3 is 1.58 bits per heavy atom. The Labute approximate surface area is 120 Å².